The summed E-state index contributed by atoms with van der Waals surface area (Å²) in [6, 6.07) is 0. The Bertz CT molecular complexity index is 276. The van der Waals surface area contributed by atoms with Crippen LogP contribution < -0.4 is 0 Å². The van der Waals surface area contributed by atoms with Crippen LogP contribution in [0.3, 0.4) is 0 Å². The van der Waals surface area contributed by atoms with E-state index in [0.717, 1.165) is 32.0 Å². The summed E-state index contributed by atoms with van der Waals surface area (Å²) in [6.07, 6.45) is 4.90. The van der Waals surface area contributed by atoms with Gasteiger partial charge in [0, 0.05) is 31.1 Å². The molecule has 1 aromatic rings. The van der Waals surface area contributed by atoms with Crippen molar-refractivity contribution < 1.29 is 4.39 Å². The van der Waals surface area contributed by atoms with Gasteiger partial charge < -0.3 is 4.90 Å². The van der Waals surface area contributed by atoms with Gasteiger partial charge in [0.05, 0.1) is 11.7 Å². The molecule has 1 fully saturated rings. The lowest BCUT2D eigenvalue weighted by Gasteiger charge is -2.14. The maximum absolute atomic E-state index is 12.0. The number of thiazole rings is 1. The SMILES string of the molecule is FCCCN1CC[C@@H](Cc2nccs2)C1. The first-order valence-corrected chi connectivity index (χ1v) is 6.43. The topological polar surface area (TPSA) is 16.1 Å². The number of aromatic nitrogens is 1. The number of halogens is 1. The predicted molar refractivity (Wildman–Crippen MR) is 61.0 cm³/mol. The molecule has 84 valence electrons. The molecule has 15 heavy (non-hydrogen) atoms. The number of hydrogen-bond acceptors (Lipinski definition) is 3. The van der Waals surface area contributed by atoms with Crippen LogP contribution in [0.4, 0.5) is 4.39 Å². The average molecular weight is 228 g/mol. The third-order valence-electron chi connectivity index (χ3n) is 2.92. The van der Waals surface area contributed by atoms with Crippen LogP contribution in [-0.4, -0.2) is 36.2 Å². The fraction of sp³-hybridized carbons (Fsp3) is 0.727. The summed E-state index contributed by atoms with van der Waals surface area (Å²) in [5, 5.41) is 3.28. The lowest BCUT2D eigenvalue weighted by molar-refractivity contribution is 0.301. The summed E-state index contributed by atoms with van der Waals surface area (Å²) >= 11 is 1.74. The fourth-order valence-corrected chi connectivity index (χ4v) is 2.90. The van der Waals surface area contributed by atoms with E-state index in [9.17, 15) is 4.39 Å². The molecule has 0 bridgehead atoms. The van der Waals surface area contributed by atoms with E-state index in [-0.39, 0.29) is 6.67 Å². The van der Waals surface area contributed by atoms with Gasteiger partial charge in [-0.15, -0.1) is 11.3 Å². The number of rotatable bonds is 5. The van der Waals surface area contributed by atoms with Crippen molar-refractivity contribution in [3.63, 3.8) is 0 Å². The molecule has 0 spiro atoms. The van der Waals surface area contributed by atoms with E-state index in [2.05, 4.69) is 9.88 Å². The van der Waals surface area contributed by atoms with Crippen LogP contribution in [-0.2, 0) is 6.42 Å². The van der Waals surface area contributed by atoms with Crippen molar-refractivity contribution in [3.05, 3.63) is 16.6 Å². The highest BCUT2D eigenvalue weighted by Gasteiger charge is 2.22. The molecule has 2 nitrogen and oxygen atoms in total. The maximum atomic E-state index is 12.0. The molecule has 1 aliphatic heterocycles. The minimum Gasteiger partial charge on any atom is -0.303 e. The summed E-state index contributed by atoms with van der Waals surface area (Å²) in [5.74, 6) is 0.732. The largest absolute Gasteiger partial charge is 0.303 e. The van der Waals surface area contributed by atoms with Gasteiger partial charge in [-0.25, -0.2) is 4.98 Å². The van der Waals surface area contributed by atoms with Gasteiger partial charge in [-0.1, -0.05) is 0 Å². The molecule has 0 aromatic carbocycles. The number of alkyl halides is 1. The van der Waals surface area contributed by atoms with Crippen molar-refractivity contribution in [1.82, 2.24) is 9.88 Å². The molecule has 1 saturated heterocycles. The molecule has 1 aromatic heterocycles. The lowest BCUT2D eigenvalue weighted by atomic mass is 10.1. The third kappa shape index (κ3) is 3.24. The summed E-state index contributed by atoms with van der Waals surface area (Å²) in [6.45, 7) is 2.99. The highest BCUT2D eigenvalue weighted by atomic mass is 32.1. The number of nitrogens with zero attached hydrogens (tertiary/aromatic N) is 2. The Morgan fingerprint density at radius 2 is 2.53 bits per heavy atom. The Hall–Kier alpha value is -0.480. The van der Waals surface area contributed by atoms with Crippen molar-refractivity contribution in [1.29, 1.82) is 0 Å². The predicted octanol–water partition coefficient (Wildman–Crippen LogP) is 2.37. The van der Waals surface area contributed by atoms with Gasteiger partial charge >= 0.3 is 0 Å². The van der Waals surface area contributed by atoms with Crippen LogP contribution >= 0.6 is 11.3 Å². The molecule has 1 atom stereocenters. The Kier molecular flexibility index (Phi) is 4.09. The van der Waals surface area contributed by atoms with Crippen LogP contribution in [0.1, 0.15) is 17.8 Å². The zero-order valence-corrected chi connectivity index (χ0v) is 9.68. The number of hydrogen-bond donors (Lipinski definition) is 0. The van der Waals surface area contributed by atoms with Crippen LogP contribution in [0.25, 0.3) is 0 Å². The Morgan fingerprint density at radius 1 is 1.60 bits per heavy atom. The molecule has 4 heteroatoms. The van der Waals surface area contributed by atoms with Crippen LogP contribution in [0.15, 0.2) is 11.6 Å². The van der Waals surface area contributed by atoms with Crippen molar-refractivity contribution in [2.75, 3.05) is 26.3 Å². The second-order valence-electron chi connectivity index (χ2n) is 4.13. The quantitative estimate of drug-likeness (QED) is 0.769. The Morgan fingerprint density at radius 3 is 3.27 bits per heavy atom. The van der Waals surface area contributed by atoms with Gasteiger partial charge in [-0.3, -0.25) is 4.39 Å². The van der Waals surface area contributed by atoms with Crippen molar-refractivity contribution >= 4 is 11.3 Å². The molecule has 0 aliphatic carbocycles. The molecular weight excluding hydrogens is 211 g/mol. The summed E-state index contributed by atoms with van der Waals surface area (Å²) < 4.78 is 12.0. The van der Waals surface area contributed by atoms with Crippen molar-refractivity contribution in [2.24, 2.45) is 5.92 Å². The lowest BCUT2D eigenvalue weighted by Crippen LogP contribution is -2.22. The molecule has 0 saturated carbocycles. The van der Waals surface area contributed by atoms with E-state index in [0.29, 0.717) is 6.42 Å². The summed E-state index contributed by atoms with van der Waals surface area (Å²) in [5.41, 5.74) is 0. The van der Waals surface area contributed by atoms with E-state index in [1.807, 2.05) is 11.6 Å². The average Bonchev–Trinajstić information content (AvgIpc) is 2.87. The van der Waals surface area contributed by atoms with Crippen molar-refractivity contribution in [2.45, 2.75) is 19.3 Å². The number of likely N-dealkylation sites (tertiary alicyclic amines) is 1. The van der Waals surface area contributed by atoms with E-state index in [1.165, 1.54) is 11.4 Å². The highest BCUT2D eigenvalue weighted by molar-refractivity contribution is 7.09. The second kappa shape index (κ2) is 5.56. The Labute approximate surface area is 94.1 Å². The molecule has 0 unspecified atom stereocenters. The fourth-order valence-electron chi connectivity index (χ4n) is 2.17. The Balaban J connectivity index is 1.73. The van der Waals surface area contributed by atoms with Crippen molar-refractivity contribution in [3.8, 4) is 0 Å². The van der Waals surface area contributed by atoms with Gasteiger partial charge in [-0.2, -0.15) is 0 Å². The summed E-state index contributed by atoms with van der Waals surface area (Å²) in [4.78, 5) is 6.68. The minimum absolute atomic E-state index is 0.187. The van der Waals surface area contributed by atoms with Gasteiger partial charge in [-0.05, 0) is 25.3 Å². The normalized spacial score (nSPS) is 22.3. The van der Waals surface area contributed by atoms with Crippen LogP contribution in [0.2, 0.25) is 0 Å². The molecule has 2 heterocycles. The zero-order chi connectivity index (χ0) is 10.5. The van der Waals surface area contributed by atoms with Crippen LogP contribution in [0.5, 0.6) is 0 Å². The monoisotopic (exact) mass is 228 g/mol. The minimum atomic E-state index is -0.187. The smallest absolute Gasteiger partial charge is 0.0928 e. The molecule has 0 amide bonds. The first-order chi connectivity index (χ1) is 7.38. The third-order valence-corrected chi connectivity index (χ3v) is 3.73. The van der Waals surface area contributed by atoms with Gasteiger partial charge in [0.25, 0.3) is 0 Å². The zero-order valence-electron chi connectivity index (χ0n) is 8.86. The molecule has 0 N–H and O–H groups in total. The second-order valence-corrected chi connectivity index (χ2v) is 5.11. The molecule has 1 aliphatic rings. The van der Waals surface area contributed by atoms with Gasteiger partial charge in [0.2, 0.25) is 0 Å². The van der Waals surface area contributed by atoms with Gasteiger partial charge in [0.1, 0.15) is 0 Å². The first kappa shape index (κ1) is 11.0. The van der Waals surface area contributed by atoms with E-state index in [1.54, 1.807) is 11.3 Å². The molecular formula is C11H17FN2S. The highest BCUT2D eigenvalue weighted by Crippen LogP contribution is 2.21. The first-order valence-electron chi connectivity index (χ1n) is 5.55. The molecule has 2 rings (SSSR count). The van der Waals surface area contributed by atoms with E-state index >= 15 is 0 Å². The summed E-state index contributed by atoms with van der Waals surface area (Å²) in [7, 11) is 0. The van der Waals surface area contributed by atoms with Gasteiger partial charge in [0.15, 0.2) is 0 Å². The van der Waals surface area contributed by atoms with E-state index in [4.69, 9.17) is 0 Å². The molecule has 0 radical (unpaired) electrons. The maximum Gasteiger partial charge on any atom is 0.0928 e. The van der Waals surface area contributed by atoms with Crippen LogP contribution in [0, 0.1) is 5.92 Å². The standard InChI is InChI=1S/C11H17FN2S/c12-3-1-5-14-6-2-10(9-14)8-11-13-4-7-15-11/h4,7,10H,1-3,5-6,8-9H2/t10-/m0/s1. The van der Waals surface area contributed by atoms with E-state index < -0.39 is 0 Å².